The molecule has 0 amide bonds. The third kappa shape index (κ3) is 2.83. The molecule has 2 rings (SSSR count). The summed E-state index contributed by atoms with van der Waals surface area (Å²) in [6.45, 7) is 6.08. The summed E-state index contributed by atoms with van der Waals surface area (Å²) in [6, 6.07) is 4.45. The number of fused-ring (bicyclic) bond motifs is 1. The van der Waals surface area contributed by atoms with Crippen molar-refractivity contribution in [2.75, 3.05) is 18.0 Å². The monoisotopic (exact) mass is 264 g/mol. The zero-order valence-electron chi connectivity index (χ0n) is 11.2. The molecule has 1 aliphatic heterocycles. The molecule has 102 valence electrons. The number of non-ortho nitro benzene ring substituents is 1. The lowest BCUT2D eigenvalue weighted by Crippen LogP contribution is -2.48. The Kier molecular flexibility index (Phi) is 3.18. The highest BCUT2D eigenvalue weighted by molar-refractivity contribution is 5.82. The maximum atomic E-state index is 11.3. The van der Waals surface area contributed by atoms with Gasteiger partial charge in [-0.05, 0) is 26.8 Å². The van der Waals surface area contributed by atoms with Crippen molar-refractivity contribution in [3.63, 3.8) is 0 Å². The van der Waals surface area contributed by atoms with E-state index in [1.165, 1.54) is 19.1 Å². The first-order valence-corrected chi connectivity index (χ1v) is 6.00. The second-order valence-electron chi connectivity index (χ2n) is 5.33. The van der Waals surface area contributed by atoms with Crippen molar-refractivity contribution in [1.29, 1.82) is 0 Å². The van der Waals surface area contributed by atoms with Gasteiger partial charge in [0, 0.05) is 12.1 Å². The maximum absolute atomic E-state index is 11.3. The molecule has 0 saturated heterocycles. The molecule has 19 heavy (non-hydrogen) atoms. The summed E-state index contributed by atoms with van der Waals surface area (Å²) in [6.07, 6.45) is 0. The first-order valence-electron chi connectivity index (χ1n) is 6.00. The highest BCUT2D eigenvalue weighted by atomic mass is 16.6. The molecule has 0 aliphatic carbocycles. The van der Waals surface area contributed by atoms with Gasteiger partial charge in [-0.2, -0.15) is 0 Å². The van der Waals surface area contributed by atoms with Crippen molar-refractivity contribution in [1.82, 2.24) is 0 Å². The number of nitro benzene ring substituents is 1. The maximum Gasteiger partial charge on any atom is 0.271 e. The summed E-state index contributed by atoms with van der Waals surface area (Å²) in [5.74, 6) is 0.582. The SMILES string of the molecule is CC(=O)CN1CC(C)(C)Oc2ccc([N+](=O)[O-])cc21. The van der Waals surface area contributed by atoms with Gasteiger partial charge >= 0.3 is 0 Å². The zero-order chi connectivity index (χ0) is 14.2. The van der Waals surface area contributed by atoms with E-state index < -0.39 is 10.5 Å². The van der Waals surface area contributed by atoms with Crippen LogP contribution in [0.25, 0.3) is 0 Å². The zero-order valence-corrected chi connectivity index (χ0v) is 11.2. The van der Waals surface area contributed by atoms with Gasteiger partial charge in [0.15, 0.2) is 0 Å². The highest BCUT2D eigenvalue weighted by Crippen LogP contribution is 2.39. The molecule has 0 radical (unpaired) electrons. The normalized spacial score (nSPS) is 16.5. The Hall–Kier alpha value is -2.11. The molecule has 6 heteroatoms. The number of ether oxygens (including phenoxy) is 1. The van der Waals surface area contributed by atoms with Gasteiger partial charge in [-0.3, -0.25) is 14.9 Å². The number of carbonyl (C=O) groups is 1. The molecule has 1 heterocycles. The van der Waals surface area contributed by atoms with E-state index in [2.05, 4.69) is 0 Å². The number of ketones is 1. The molecule has 0 aromatic heterocycles. The van der Waals surface area contributed by atoms with E-state index in [-0.39, 0.29) is 18.0 Å². The van der Waals surface area contributed by atoms with Crippen molar-refractivity contribution in [3.8, 4) is 5.75 Å². The Balaban J connectivity index is 2.45. The molecule has 0 fully saturated rings. The minimum absolute atomic E-state index is 0.00407. The number of nitrogens with zero attached hydrogens (tertiary/aromatic N) is 2. The summed E-state index contributed by atoms with van der Waals surface area (Å²) in [5.41, 5.74) is 0.165. The third-order valence-corrected chi connectivity index (χ3v) is 2.87. The molecular formula is C13H16N2O4. The average molecular weight is 264 g/mol. The van der Waals surface area contributed by atoms with Crippen LogP contribution < -0.4 is 9.64 Å². The summed E-state index contributed by atoms with van der Waals surface area (Å²) in [7, 11) is 0. The first kappa shape index (κ1) is 13.3. The van der Waals surface area contributed by atoms with Crippen LogP contribution >= 0.6 is 0 Å². The van der Waals surface area contributed by atoms with Crippen molar-refractivity contribution >= 4 is 17.2 Å². The smallest absolute Gasteiger partial charge is 0.271 e. The molecule has 0 saturated carbocycles. The van der Waals surface area contributed by atoms with Gasteiger partial charge in [0.1, 0.15) is 17.1 Å². The van der Waals surface area contributed by atoms with E-state index in [1.54, 1.807) is 6.07 Å². The van der Waals surface area contributed by atoms with Gasteiger partial charge in [-0.1, -0.05) is 0 Å². The molecule has 6 nitrogen and oxygen atoms in total. The van der Waals surface area contributed by atoms with Crippen molar-refractivity contribution in [2.24, 2.45) is 0 Å². The van der Waals surface area contributed by atoms with E-state index in [9.17, 15) is 14.9 Å². The highest BCUT2D eigenvalue weighted by Gasteiger charge is 2.33. The number of anilines is 1. The van der Waals surface area contributed by atoms with Crippen molar-refractivity contribution in [2.45, 2.75) is 26.4 Å². The second kappa shape index (κ2) is 4.53. The average Bonchev–Trinajstić information content (AvgIpc) is 2.25. The molecule has 0 atom stereocenters. The molecule has 1 aromatic rings. The summed E-state index contributed by atoms with van der Waals surface area (Å²) < 4.78 is 5.79. The topological polar surface area (TPSA) is 72.7 Å². The number of hydrogen-bond donors (Lipinski definition) is 0. The van der Waals surface area contributed by atoms with E-state index in [0.717, 1.165) is 0 Å². The summed E-state index contributed by atoms with van der Waals surface area (Å²) in [5, 5.41) is 10.8. The van der Waals surface area contributed by atoms with Crippen LogP contribution in [0.15, 0.2) is 18.2 Å². The van der Waals surface area contributed by atoms with Crippen LogP contribution in [0.4, 0.5) is 11.4 Å². The standard InChI is InChI=1S/C13H16N2O4/c1-9(16)7-14-8-13(2,3)19-12-5-4-10(15(17)18)6-11(12)14/h4-6H,7-8H2,1-3H3. The second-order valence-corrected chi connectivity index (χ2v) is 5.33. The number of rotatable bonds is 3. The lowest BCUT2D eigenvalue weighted by Gasteiger charge is -2.40. The van der Waals surface area contributed by atoms with Gasteiger partial charge in [-0.25, -0.2) is 0 Å². The molecule has 0 unspecified atom stereocenters. The van der Waals surface area contributed by atoms with E-state index in [4.69, 9.17) is 4.74 Å². The quantitative estimate of drug-likeness (QED) is 0.618. The lowest BCUT2D eigenvalue weighted by atomic mass is 10.0. The fourth-order valence-electron chi connectivity index (χ4n) is 2.24. The molecule has 0 N–H and O–H groups in total. The van der Waals surface area contributed by atoms with Crippen LogP contribution in [0.2, 0.25) is 0 Å². The largest absolute Gasteiger partial charge is 0.484 e. The lowest BCUT2D eigenvalue weighted by molar-refractivity contribution is -0.384. The Morgan fingerprint density at radius 2 is 2.21 bits per heavy atom. The minimum atomic E-state index is -0.452. The van der Waals surface area contributed by atoms with Crippen LogP contribution in [0, 0.1) is 10.1 Å². The predicted molar refractivity (Wildman–Crippen MR) is 70.7 cm³/mol. The van der Waals surface area contributed by atoms with Gasteiger partial charge in [-0.15, -0.1) is 0 Å². The van der Waals surface area contributed by atoms with E-state index in [0.29, 0.717) is 18.0 Å². The first-order chi connectivity index (χ1) is 8.78. The predicted octanol–water partition coefficient (Wildman–Crippen LogP) is 2.16. The van der Waals surface area contributed by atoms with Crippen molar-refractivity contribution in [3.05, 3.63) is 28.3 Å². The van der Waals surface area contributed by atoms with E-state index >= 15 is 0 Å². The van der Waals surface area contributed by atoms with Gasteiger partial charge < -0.3 is 9.64 Å². The number of benzene rings is 1. The fourth-order valence-corrected chi connectivity index (χ4v) is 2.24. The molecule has 1 aromatic carbocycles. The number of hydrogen-bond acceptors (Lipinski definition) is 5. The minimum Gasteiger partial charge on any atom is -0.484 e. The molecule has 0 bridgehead atoms. The molecule has 0 spiro atoms. The van der Waals surface area contributed by atoms with Crippen LogP contribution in [-0.4, -0.2) is 29.4 Å². The Morgan fingerprint density at radius 1 is 1.53 bits per heavy atom. The number of nitro groups is 1. The fraction of sp³-hybridized carbons (Fsp3) is 0.462. The summed E-state index contributed by atoms with van der Waals surface area (Å²) in [4.78, 5) is 23.5. The van der Waals surface area contributed by atoms with Gasteiger partial charge in [0.2, 0.25) is 0 Å². The summed E-state index contributed by atoms with van der Waals surface area (Å²) >= 11 is 0. The number of Topliss-reactive ketones (excluding diaryl/α,β-unsaturated/α-hetero) is 1. The molecule has 1 aliphatic rings. The van der Waals surface area contributed by atoms with E-state index in [1.807, 2.05) is 18.7 Å². The Morgan fingerprint density at radius 3 is 2.79 bits per heavy atom. The Labute approximate surface area is 111 Å². The van der Waals surface area contributed by atoms with Crippen LogP contribution in [0.1, 0.15) is 20.8 Å². The van der Waals surface area contributed by atoms with Gasteiger partial charge in [0.25, 0.3) is 5.69 Å². The third-order valence-electron chi connectivity index (χ3n) is 2.87. The number of carbonyl (C=O) groups excluding carboxylic acids is 1. The Bertz CT molecular complexity index is 539. The van der Waals surface area contributed by atoms with Crippen LogP contribution in [0.3, 0.4) is 0 Å². The van der Waals surface area contributed by atoms with Gasteiger partial charge in [0.05, 0.1) is 23.7 Å². The van der Waals surface area contributed by atoms with Crippen LogP contribution in [0.5, 0.6) is 5.75 Å². The van der Waals surface area contributed by atoms with Crippen molar-refractivity contribution < 1.29 is 14.5 Å². The van der Waals surface area contributed by atoms with Crippen LogP contribution in [-0.2, 0) is 4.79 Å². The molecular weight excluding hydrogens is 248 g/mol.